The quantitative estimate of drug-likeness (QED) is 0.482. The second-order valence-electron chi connectivity index (χ2n) is 8.19. The summed E-state index contributed by atoms with van der Waals surface area (Å²) in [6.45, 7) is 7.03. The van der Waals surface area contributed by atoms with Crippen molar-refractivity contribution in [1.82, 2.24) is 24.5 Å². The van der Waals surface area contributed by atoms with Crippen LogP contribution < -0.4 is 15.5 Å². The summed E-state index contributed by atoms with van der Waals surface area (Å²) in [5, 5.41) is 11.8. The van der Waals surface area contributed by atoms with E-state index in [0.29, 0.717) is 28.0 Å². The van der Waals surface area contributed by atoms with Crippen molar-refractivity contribution >= 4 is 39.6 Å². The van der Waals surface area contributed by atoms with Gasteiger partial charge in [-0.05, 0) is 32.0 Å². The number of piperazine rings is 1. The standard InChI is InChI=1S/C23H25N7O2/c1-14-11-30-13-19(17(15(2)31)10-21(30)25-14)26-23(32)16-4-5-20(29-8-6-24-7-9-29)18-12-28(3)27-22(16)18/h4-5,10-13,24H,6-9H2,1-3H3,(H,26,32). The van der Waals surface area contributed by atoms with Crippen molar-refractivity contribution in [1.29, 1.82) is 0 Å². The predicted octanol–water partition coefficient (Wildman–Crippen LogP) is 2.39. The SMILES string of the molecule is CC(=O)c1cc2nc(C)cn2cc1NC(=O)c1ccc(N2CCNCC2)c2cn(C)nc12. The maximum Gasteiger partial charge on any atom is 0.258 e. The van der Waals surface area contributed by atoms with Crippen LogP contribution in [-0.2, 0) is 7.05 Å². The van der Waals surface area contributed by atoms with E-state index in [2.05, 4.69) is 25.6 Å². The number of nitrogens with one attached hydrogen (secondary N) is 2. The molecule has 9 nitrogen and oxygen atoms in total. The molecule has 0 aliphatic carbocycles. The second kappa shape index (κ2) is 7.76. The van der Waals surface area contributed by atoms with Crippen molar-refractivity contribution in [2.45, 2.75) is 13.8 Å². The topological polar surface area (TPSA) is 96.6 Å². The van der Waals surface area contributed by atoms with Gasteiger partial charge in [-0.25, -0.2) is 4.98 Å². The fraction of sp³-hybridized carbons (Fsp3) is 0.304. The van der Waals surface area contributed by atoms with Gasteiger partial charge >= 0.3 is 0 Å². The number of imidazole rings is 1. The van der Waals surface area contributed by atoms with Crippen molar-refractivity contribution in [3.05, 3.63) is 53.6 Å². The first kappa shape index (κ1) is 20.2. The van der Waals surface area contributed by atoms with E-state index in [1.807, 2.05) is 38.5 Å². The van der Waals surface area contributed by atoms with Gasteiger partial charge in [-0.3, -0.25) is 14.3 Å². The number of hydrogen-bond donors (Lipinski definition) is 2. The van der Waals surface area contributed by atoms with Crippen molar-refractivity contribution < 1.29 is 9.59 Å². The lowest BCUT2D eigenvalue weighted by Gasteiger charge is -2.30. The largest absolute Gasteiger partial charge is 0.368 e. The van der Waals surface area contributed by atoms with Gasteiger partial charge in [0.2, 0.25) is 0 Å². The molecule has 2 N–H and O–H groups in total. The lowest BCUT2D eigenvalue weighted by molar-refractivity contribution is 0.101. The highest BCUT2D eigenvalue weighted by Gasteiger charge is 2.21. The summed E-state index contributed by atoms with van der Waals surface area (Å²) in [7, 11) is 1.85. The summed E-state index contributed by atoms with van der Waals surface area (Å²) in [5.41, 5.74) is 4.56. The fourth-order valence-electron chi connectivity index (χ4n) is 4.31. The highest BCUT2D eigenvalue weighted by molar-refractivity contribution is 6.15. The van der Waals surface area contributed by atoms with Crippen LogP contribution >= 0.6 is 0 Å². The van der Waals surface area contributed by atoms with Gasteiger partial charge in [0.05, 0.1) is 16.9 Å². The molecule has 4 aromatic rings. The van der Waals surface area contributed by atoms with Crippen LogP contribution in [0.25, 0.3) is 16.6 Å². The van der Waals surface area contributed by atoms with E-state index >= 15 is 0 Å². The van der Waals surface area contributed by atoms with E-state index < -0.39 is 0 Å². The van der Waals surface area contributed by atoms with Gasteiger partial charge in [0.25, 0.3) is 5.91 Å². The summed E-state index contributed by atoms with van der Waals surface area (Å²) in [6, 6.07) is 5.50. The number of aromatic nitrogens is 4. The Bertz CT molecular complexity index is 1360. The van der Waals surface area contributed by atoms with Crippen LogP contribution in [0, 0.1) is 6.92 Å². The zero-order chi connectivity index (χ0) is 22.4. The van der Waals surface area contributed by atoms with Crippen LogP contribution in [0.2, 0.25) is 0 Å². The van der Waals surface area contributed by atoms with Crippen molar-refractivity contribution in [3.8, 4) is 0 Å². The Balaban J connectivity index is 1.54. The van der Waals surface area contributed by atoms with E-state index in [-0.39, 0.29) is 11.7 Å². The number of anilines is 2. The van der Waals surface area contributed by atoms with Crippen LogP contribution in [-0.4, -0.2) is 57.0 Å². The van der Waals surface area contributed by atoms with E-state index in [4.69, 9.17) is 0 Å². The molecular weight excluding hydrogens is 406 g/mol. The summed E-state index contributed by atoms with van der Waals surface area (Å²) < 4.78 is 3.54. The number of amides is 1. The van der Waals surface area contributed by atoms with Crippen molar-refractivity contribution in [3.63, 3.8) is 0 Å². The first-order chi connectivity index (χ1) is 15.4. The van der Waals surface area contributed by atoms with Crippen molar-refractivity contribution in [2.24, 2.45) is 7.05 Å². The lowest BCUT2D eigenvalue weighted by atomic mass is 10.1. The smallest absolute Gasteiger partial charge is 0.258 e. The highest BCUT2D eigenvalue weighted by Crippen LogP contribution is 2.30. The highest BCUT2D eigenvalue weighted by atomic mass is 16.2. The molecular formula is C23H25N7O2. The summed E-state index contributed by atoms with van der Waals surface area (Å²) in [4.78, 5) is 32.3. The Kier molecular flexibility index (Phi) is 4.90. The first-order valence-corrected chi connectivity index (χ1v) is 10.6. The molecule has 32 heavy (non-hydrogen) atoms. The molecule has 0 radical (unpaired) electrons. The monoisotopic (exact) mass is 431 g/mol. The minimum Gasteiger partial charge on any atom is -0.368 e. The minimum atomic E-state index is -0.306. The zero-order valence-electron chi connectivity index (χ0n) is 18.3. The third-order valence-corrected chi connectivity index (χ3v) is 5.81. The van der Waals surface area contributed by atoms with E-state index in [9.17, 15) is 9.59 Å². The number of hydrogen-bond acceptors (Lipinski definition) is 6. The number of carbonyl (C=O) groups is 2. The molecule has 9 heteroatoms. The number of aryl methyl sites for hydroxylation is 2. The van der Waals surface area contributed by atoms with Gasteiger partial charge < -0.3 is 19.9 Å². The molecule has 164 valence electrons. The molecule has 4 heterocycles. The molecule has 0 spiro atoms. The third-order valence-electron chi connectivity index (χ3n) is 5.81. The molecule has 3 aromatic heterocycles. The van der Waals surface area contributed by atoms with Gasteiger partial charge in [0.15, 0.2) is 5.78 Å². The van der Waals surface area contributed by atoms with Gasteiger partial charge in [-0.1, -0.05) is 0 Å². The number of ketones is 1. The average molecular weight is 432 g/mol. The van der Waals surface area contributed by atoms with E-state index in [1.165, 1.54) is 6.92 Å². The van der Waals surface area contributed by atoms with Crippen molar-refractivity contribution in [2.75, 3.05) is 36.4 Å². The molecule has 5 rings (SSSR count). The number of nitrogens with zero attached hydrogens (tertiary/aromatic N) is 5. The zero-order valence-corrected chi connectivity index (χ0v) is 18.3. The number of rotatable bonds is 4. The average Bonchev–Trinajstić information content (AvgIpc) is 3.33. The molecule has 1 saturated heterocycles. The van der Waals surface area contributed by atoms with E-state index in [0.717, 1.165) is 42.9 Å². The van der Waals surface area contributed by atoms with Crippen LogP contribution in [0.4, 0.5) is 11.4 Å². The Labute approximate surface area is 185 Å². The molecule has 0 saturated carbocycles. The molecule has 1 amide bonds. The molecule has 0 bridgehead atoms. The lowest BCUT2D eigenvalue weighted by Crippen LogP contribution is -2.43. The fourth-order valence-corrected chi connectivity index (χ4v) is 4.31. The maximum atomic E-state index is 13.3. The molecule has 1 aliphatic heterocycles. The number of benzene rings is 1. The molecule has 0 unspecified atom stereocenters. The maximum absolute atomic E-state index is 13.3. The summed E-state index contributed by atoms with van der Waals surface area (Å²) in [6.07, 6.45) is 5.54. The number of carbonyl (C=O) groups excluding carboxylic acids is 2. The number of pyridine rings is 1. The molecule has 1 aromatic carbocycles. The van der Waals surface area contributed by atoms with Gasteiger partial charge in [-0.15, -0.1) is 0 Å². The predicted molar refractivity (Wildman–Crippen MR) is 124 cm³/mol. The van der Waals surface area contributed by atoms with Gasteiger partial charge in [0.1, 0.15) is 11.2 Å². The molecule has 1 fully saturated rings. The number of fused-ring (bicyclic) bond motifs is 2. The summed E-state index contributed by atoms with van der Waals surface area (Å²) >= 11 is 0. The van der Waals surface area contributed by atoms with E-state index in [1.54, 1.807) is 21.3 Å². The van der Waals surface area contributed by atoms with Crippen LogP contribution in [0.1, 0.15) is 33.3 Å². The number of Topliss-reactive ketones (excluding diaryl/α,β-unsaturated/α-hetero) is 1. The Morgan fingerprint density at radius 2 is 1.88 bits per heavy atom. The minimum absolute atomic E-state index is 0.138. The Hall–Kier alpha value is -3.72. The van der Waals surface area contributed by atoms with Crippen LogP contribution in [0.15, 0.2) is 36.8 Å². The first-order valence-electron chi connectivity index (χ1n) is 10.6. The van der Waals surface area contributed by atoms with Gasteiger partial charge in [-0.2, -0.15) is 5.10 Å². The Morgan fingerprint density at radius 3 is 2.62 bits per heavy atom. The normalized spacial score (nSPS) is 14.3. The van der Waals surface area contributed by atoms with Gasteiger partial charge in [0, 0.05) is 68.5 Å². The molecule has 0 atom stereocenters. The molecule has 1 aliphatic rings. The second-order valence-corrected chi connectivity index (χ2v) is 8.19. The van der Waals surface area contributed by atoms with Crippen LogP contribution in [0.3, 0.4) is 0 Å². The Morgan fingerprint density at radius 1 is 1.09 bits per heavy atom. The van der Waals surface area contributed by atoms with Crippen LogP contribution in [0.5, 0.6) is 0 Å². The summed E-state index contributed by atoms with van der Waals surface area (Å²) in [5.74, 6) is -0.445. The third kappa shape index (κ3) is 3.50.